The number of nitrogens with zero attached hydrogens (tertiary/aromatic N) is 1. The van der Waals surface area contributed by atoms with E-state index < -0.39 is 16.4 Å². The molecule has 0 bridgehead atoms. The van der Waals surface area contributed by atoms with Crippen molar-refractivity contribution < 1.29 is 19.6 Å². The van der Waals surface area contributed by atoms with E-state index in [4.69, 9.17) is 16.3 Å². The molecule has 0 saturated carbocycles. The second kappa shape index (κ2) is 6.93. The van der Waals surface area contributed by atoms with Gasteiger partial charge in [0, 0.05) is 22.4 Å². The topological polar surface area (TPSA) is 92.5 Å². The molecule has 2 aromatic carbocycles. The minimum atomic E-state index is -0.807. The van der Waals surface area contributed by atoms with Crippen LogP contribution in [0.1, 0.15) is 15.9 Å². The minimum Gasteiger partial charge on any atom is -0.865 e. The lowest BCUT2D eigenvalue weighted by Crippen LogP contribution is -2.01. The van der Waals surface area contributed by atoms with E-state index >= 15 is 0 Å². The van der Waals surface area contributed by atoms with Gasteiger partial charge in [0.15, 0.2) is 5.78 Å². The Labute approximate surface area is 136 Å². The molecule has 118 valence electrons. The number of nitro groups is 1. The van der Waals surface area contributed by atoms with E-state index in [0.29, 0.717) is 16.1 Å². The highest BCUT2D eigenvalue weighted by Crippen LogP contribution is 2.34. The van der Waals surface area contributed by atoms with Gasteiger partial charge in [-0.25, -0.2) is 0 Å². The van der Waals surface area contributed by atoms with Crippen molar-refractivity contribution in [2.24, 2.45) is 0 Å². The third-order valence-electron chi connectivity index (χ3n) is 3.03. The van der Waals surface area contributed by atoms with E-state index in [0.717, 1.165) is 6.07 Å². The number of ether oxygens (including phenoxy) is 1. The third kappa shape index (κ3) is 3.87. The third-order valence-corrected chi connectivity index (χ3v) is 3.28. The highest BCUT2D eigenvalue weighted by atomic mass is 35.5. The predicted octanol–water partition coefficient (Wildman–Crippen LogP) is 3.23. The first-order chi connectivity index (χ1) is 10.9. The Balaban J connectivity index is 2.32. The zero-order valence-corrected chi connectivity index (χ0v) is 12.7. The van der Waals surface area contributed by atoms with Gasteiger partial charge in [0.05, 0.1) is 12.0 Å². The van der Waals surface area contributed by atoms with Crippen LogP contribution >= 0.6 is 11.6 Å². The number of allylic oxidation sites excluding steroid dienone is 1. The molecule has 2 aromatic rings. The second-order valence-electron chi connectivity index (χ2n) is 4.53. The molecule has 0 saturated heterocycles. The zero-order chi connectivity index (χ0) is 17.0. The van der Waals surface area contributed by atoms with Gasteiger partial charge in [-0.3, -0.25) is 14.9 Å². The average Bonchev–Trinajstić information content (AvgIpc) is 2.53. The Morgan fingerprint density at radius 2 is 1.91 bits per heavy atom. The second-order valence-corrected chi connectivity index (χ2v) is 4.97. The van der Waals surface area contributed by atoms with Crippen LogP contribution < -0.4 is 9.84 Å². The fourth-order valence-electron chi connectivity index (χ4n) is 1.87. The van der Waals surface area contributed by atoms with Crippen LogP contribution in [0.25, 0.3) is 6.08 Å². The van der Waals surface area contributed by atoms with Gasteiger partial charge in [0.1, 0.15) is 5.75 Å². The summed E-state index contributed by atoms with van der Waals surface area (Å²) in [5.74, 6) is -1.26. The summed E-state index contributed by atoms with van der Waals surface area (Å²) in [5.41, 5.74) is 0.131. The van der Waals surface area contributed by atoms with Crippen LogP contribution in [0, 0.1) is 10.1 Å². The number of ketones is 1. The van der Waals surface area contributed by atoms with E-state index in [1.807, 2.05) is 0 Å². The van der Waals surface area contributed by atoms with Crippen LogP contribution in [0.2, 0.25) is 5.02 Å². The number of carbonyl (C=O) groups is 1. The van der Waals surface area contributed by atoms with Crippen molar-refractivity contribution in [2.75, 3.05) is 7.11 Å². The number of benzene rings is 2. The first-order valence-electron chi connectivity index (χ1n) is 6.44. The van der Waals surface area contributed by atoms with Crippen molar-refractivity contribution >= 4 is 29.1 Å². The van der Waals surface area contributed by atoms with Crippen molar-refractivity contribution in [3.8, 4) is 11.5 Å². The van der Waals surface area contributed by atoms with Crippen molar-refractivity contribution in [3.05, 3.63) is 68.7 Å². The molecule has 0 fully saturated rings. The quantitative estimate of drug-likeness (QED) is 0.363. The molecule has 0 atom stereocenters. The Hall–Kier alpha value is -2.86. The van der Waals surface area contributed by atoms with Crippen LogP contribution in [0.4, 0.5) is 5.69 Å². The van der Waals surface area contributed by atoms with Gasteiger partial charge in [-0.1, -0.05) is 17.7 Å². The van der Waals surface area contributed by atoms with Gasteiger partial charge >= 0.3 is 0 Å². The summed E-state index contributed by atoms with van der Waals surface area (Å²) in [6, 6.07) is 8.74. The summed E-state index contributed by atoms with van der Waals surface area (Å²) >= 11 is 5.75. The fourth-order valence-corrected chi connectivity index (χ4v) is 2.00. The van der Waals surface area contributed by atoms with Gasteiger partial charge in [-0.2, -0.15) is 0 Å². The smallest absolute Gasteiger partial charge is 0.266 e. The number of methoxy groups -OCH3 is 1. The molecule has 0 aliphatic carbocycles. The maximum Gasteiger partial charge on any atom is 0.266 e. The molecule has 0 spiro atoms. The van der Waals surface area contributed by atoms with Gasteiger partial charge < -0.3 is 9.84 Å². The molecule has 0 amide bonds. The van der Waals surface area contributed by atoms with Crippen LogP contribution in [-0.2, 0) is 0 Å². The maximum atomic E-state index is 12.0. The summed E-state index contributed by atoms with van der Waals surface area (Å²) in [4.78, 5) is 22.1. The maximum absolute atomic E-state index is 12.0. The molecule has 7 heteroatoms. The summed E-state index contributed by atoms with van der Waals surface area (Å²) in [5, 5.41) is 23.1. The van der Waals surface area contributed by atoms with Crippen LogP contribution in [0.15, 0.2) is 42.5 Å². The standard InChI is InChI=1S/C16H12ClNO5/c1-23-15-9-10(8-13(16(15)20)18(21)22)2-7-14(19)11-3-5-12(17)6-4-11/h2-9,20H,1H3/p-1/b7-2+. The summed E-state index contributed by atoms with van der Waals surface area (Å²) < 4.78 is 4.83. The van der Waals surface area contributed by atoms with Gasteiger partial charge in [0.25, 0.3) is 5.69 Å². The van der Waals surface area contributed by atoms with E-state index in [-0.39, 0.29) is 11.5 Å². The Bertz CT molecular complexity index is 784. The van der Waals surface area contributed by atoms with Crippen LogP contribution in [0.5, 0.6) is 11.5 Å². The SMILES string of the molecule is COc1cc(/C=C/C(=O)c2ccc(Cl)cc2)cc([N+](=O)[O-])c1[O-]. The predicted molar refractivity (Wildman–Crippen MR) is 83.9 cm³/mol. The van der Waals surface area contributed by atoms with E-state index in [1.54, 1.807) is 24.3 Å². The number of hydrogen-bond donors (Lipinski definition) is 0. The molecular weight excluding hydrogens is 322 g/mol. The monoisotopic (exact) mass is 332 g/mol. The molecule has 0 heterocycles. The van der Waals surface area contributed by atoms with Crippen molar-refractivity contribution in [1.29, 1.82) is 0 Å². The number of carbonyl (C=O) groups excluding carboxylic acids is 1. The average molecular weight is 333 g/mol. The number of nitro benzene ring substituents is 1. The molecule has 0 aliphatic rings. The van der Waals surface area contributed by atoms with Crippen LogP contribution in [-0.4, -0.2) is 17.8 Å². The number of hydrogen-bond acceptors (Lipinski definition) is 5. The molecular formula is C16H11ClNO5-. The molecule has 0 N–H and O–H groups in total. The fraction of sp³-hybridized carbons (Fsp3) is 0.0625. The lowest BCUT2D eigenvalue weighted by atomic mass is 10.1. The van der Waals surface area contributed by atoms with Crippen molar-refractivity contribution in [1.82, 2.24) is 0 Å². The first kappa shape index (κ1) is 16.5. The normalized spacial score (nSPS) is 10.7. The lowest BCUT2D eigenvalue weighted by Gasteiger charge is -2.13. The number of halogens is 1. The molecule has 6 nitrogen and oxygen atoms in total. The summed E-state index contributed by atoms with van der Waals surface area (Å²) in [6.07, 6.45) is 2.64. The lowest BCUT2D eigenvalue weighted by molar-refractivity contribution is -0.398. The first-order valence-corrected chi connectivity index (χ1v) is 6.81. The van der Waals surface area contributed by atoms with Gasteiger partial charge in [0.2, 0.25) is 0 Å². The molecule has 2 rings (SSSR count). The Morgan fingerprint density at radius 1 is 1.26 bits per heavy atom. The highest BCUT2D eigenvalue weighted by Gasteiger charge is 2.12. The van der Waals surface area contributed by atoms with Gasteiger partial charge in [-0.15, -0.1) is 0 Å². The van der Waals surface area contributed by atoms with Crippen molar-refractivity contribution in [3.63, 3.8) is 0 Å². The zero-order valence-electron chi connectivity index (χ0n) is 12.0. The summed E-state index contributed by atoms with van der Waals surface area (Å²) in [7, 11) is 1.24. The largest absolute Gasteiger partial charge is 0.865 e. The molecule has 0 radical (unpaired) electrons. The van der Waals surface area contributed by atoms with Crippen LogP contribution in [0.3, 0.4) is 0 Å². The number of rotatable bonds is 5. The Kier molecular flexibility index (Phi) is 4.98. The van der Waals surface area contributed by atoms with E-state index in [1.165, 1.54) is 25.3 Å². The molecule has 0 aromatic heterocycles. The molecule has 23 heavy (non-hydrogen) atoms. The highest BCUT2D eigenvalue weighted by molar-refractivity contribution is 6.30. The molecule has 0 unspecified atom stereocenters. The summed E-state index contributed by atoms with van der Waals surface area (Å²) in [6.45, 7) is 0. The molecule has 0 aliphatic heterocycles. The van der Waals surface area contributed by atoms with Gasteiger partial charge in [-0.05, 0) is 42.0 Å². The Morgan fingerprint density at radius 3 is 2.48 bits per heavy atom. The minimum absolute atomic E-state index is 0.155. The van der Waals surface area contributed by atoms with E-state index in [2.05, 4.69) is 0 Å². The van der Waals surface area contributed by atoms with E-state index in [9.17, 15) is 20.0 Å². The van der Waals surface area contributed by atoms with Crippen molar-refractivity contribution in [2.45, 2.75) is 0 Å².